The molecular weight excluding hydrogens is 409 g/mol. The fourth-order valence-corrected chi connectivity index (χ4v) is 3.77. The second-order valence-corrected chi connectivity index (χ2v) is 7.03. The van der Waals surface area contributed by atoms with Crippen molar-refractivity contribution in [1.82, 2.24) is 0 Å². The molecule has 0 unspecified atom stereocenters. The molecule has 0 atom stereocenters. The number of aromatic nitrogens is 1. The first-order valence-electron chi connectivity index (χ1n) is 9.57. The summed E-state index contributed by atoms with van der Waals surface area (Å²) in [6.45, 7) is 4.27. The van der Waals surface area contributed by atoms with Gasteiger partial charge in [0.05, 0.1) is 19.6 Å². The molecule has 0 aliphatic rings. The van der Waals surface area contributed by atoms with E-state index < -0.39 is 7.25 Å². The molecule has 0 aliphatic carbocycles. The first-order valence-corrected chi connectivity index (χ1v) is 9.57. The van der Waals surface area contributed by atoms with Gasteiger partial charge in [0, 0.05) is 43.5 Å². The maximum absolute atomic E-state index is 9.75. The van der Waals surface area contributed by atoms with Crippen LogP contribution in [0, 0.1) is 13.8 Å². The highest BCUT2D eigenvalue weighted by molar-refractivity contribution is 6.50. The van der Waals surface area contributed by atoms with E-state index in [-0.39, 0.29) is 0 Å². The van der Waals surface area contributed by atoms with Gasteiger partial charge < -0.3 is 26.7 Å². The van der Waals surface area contributed by atoms with E-state index in [0.717, 1.165) is 33.7 Å². The summed E-state index contributed by atoms with van der Waals surface area (Å²) in [4.78, 5) is 0. The molecule has 3 aromatic carbocycles. The van der Waals surface area contributed by atoms with Crippen molar-refractivity contribution in [3.05, 3.63) is 72.1 Å². The zero-order valence-corrected chi connectivity index (χ0v) is 17.6. The van der Waals surface area contributed by atoms with Gasteiger partial charge in [0.1, 0.15) is 11.5 Å². The Balaban J connectivity index is 0.000000491. The van der Waals surface area contributed by atoms with Crippen molar-refractivity contribution >= 4 is 28.8 Å². The van der Waals surface area contributed by atoms with Crippen LogP contribution < -0.4 is 14.0 Å². The molecule has 0 fully saturated rings. The summed E-state index contributed by atoms with van der Waals surface area (Å²) in [6.07, 6.45) is 0. The number of rotatable bonds is 3. The van der Waals surface area contributed by atoms with Gasteiger partial charge in [0.25, 0.3) is 0 Å². The van der Waals surface area contributed by atoms with Crippen LogP contribution in [0.25, 0.3) is 27.2 Å². The number of benzene rings is 3. The number of aryl methyl sites for hydroxylation is 2. The Bertz CT molecular complexity index is 1240. The number of nitrogens with zero attached hydrogens (tertiary/aromatic N) is 1. The Morgan fingerprint density at radius 2 is 1.39 bits per heavy atom. The van der Waals surface area contributed by atoms with Crippen molar-refractivity contribution in [2.24, 2.45) is 0 Å². The largest absolute Gasteiger partial charge is 0.673 e. The Labute approximate surface area is 177 Å². The van der Waals surface area contributed by atoms with E-state index in [1.165, 1.54) is 16.5 Å². The Morgan fingerprint density at radius 3 is 2.00 bits per heavy atom. The van der Waals surface area contributed by atoms with Crippen LogP contribution in [0.5, 0.6) is 11.5 Å². The highest BCUT2D eigenvalue weighted by Gasteiger charge is 2.22. The lowest BCUT2D eigenvalue weighted by molar-refractivity contribution is -0.607. The molecule has 0 spiro atoms. The summed E-state index contributed by atoms with van der Waals surface area (Å²) in [6, 6.07) is 21.2. The van der Waals surface area contributed by atoms with Gasteiger partial charge in [-0.25, -0.2) is 0 Å². The SMILES string of the molecule is COc1cc(OC)c2c(C)[n+](-c3ccc4ccccc4c3)c(C)cc2c1.F[B-](F)(F)F. The second-order valence-electron chi connectivity index (χ2n) is 7.03. The molecule has 1 aromatic heterocycles. The molecule has 3 nitrogen and oxygen atoms in total. The fraction of sp³-hybridized carbons (Fsp3) is 0.174. The summed E-state index contributed by atoms with van der Waals surface area (Å²) in [5.41, 5.74) is 3.47. The van der Waals surface area contributed by atoms with Crippen LogP contribution in [0.15, 0.2) is 60.7 Å². The summed E-state index contributed by atoms with van der Waals surface area (Å²) in [5.74, 6) is 1.63. The number of halogens is 4. The van der Waals surface area contributed by atoms with E-state index in [9.17, 15) is 17.3 Å². The fourth-order valence-electron chi connectivity index (χ4n) is 3.77. The van der Waals surface area contributed by atoms with E-state index in [0.29, 0.717) is 0 Å². The van der Waals surface area contributed by atoms with E-state index >= 15 is 0 Å². The smallest absolute Gasteiger partial charge is 0.497 e. The average Bonchev–Trinajstić information content (AvgIpc) is 2.71. The molecule has 0 saturated carbocycles. The minimum atomic E-state index is -6.00. The zero-order chi connectivity index (χ0) is 22.8. The summed E-state index contributed by atoms with van der Waals surface area (Å²) < 4.78 is 52.4. The van der Waals surface area contributed by atoms with Gasteiger partial charge in [-0.15, -0.1) is 0 Å². The topological polar surface area (TPSA) is 22.3 Å². The highest BCUT2D eigenvalue weighted by Crippen LogP contribution is 2.33. The van der Waals surface area contributed by atoms with Gasteiger partial charge in [-0.2, -0.15) is 4.57 Å². The average molecular weight is 431 g/mol. The van der Waals surface area contributed by atoms with Crippen LogP contribution in [0.2, 0.25) is 0 Å². The van der Waals surface area contributed by atoms with Crippen molar-refractivity contribution in [2.45, 2.75) is 13.8 Å². The molecule has 8 heteroatoms. The van der Waals surface area contributed by atoms with Crippen molar-refractivity contribution in [3.8, 4) is 17.2 Å². The maximum atomic E-state index is 9.75. The standard InChI is InChI=1S/C23H22NO2.BF4/c1-15-11-19-13-21(25-3)14-22(26-4)23(19)16(2)24(15)20-10-9-17-7-5-6-8-18(17)12-20;2-1(3,4)5/h5-14H,1-4H3;/q+1;-1. The lowest BCUT2D eigenvalue weighted by Gasteiger charge is -2.12. The number of pyridine rings is 1. The molecule has 4 aromatic rings. The Morgan fingerprint density at radius 1 is 0.742 bits per heavy atom. The lowest BCUT2D eigenvalue weighted by atomic mass is 10.0. The van der Waals surface area contributed by atoms with Gasteiger partial charge in [-0.05, 0) is 22.9 Å². The molecule has 1 heterocycles. The number of fused-ring (bicyclic) bond motifs is 2. The van der Waals surface area contributed by atoms with Crippen molar-refractivity contribution in [3.63, 3.8) is 0 Å². The number of ether oxygens (including phenoxy) is 2. The van der Waals surface area contributed by atoms with Gasteiger partial charge in [-0.3, -0.25) is 0 Å². The van der Waals surface area contributed by atoms with Gasteiger partial charge in [0.2, 0.25) is 5.69 Å². The van der Waals surface area contributed by atoms with Crippen molar-refractivity contribution in [2.75, 3.05) is 14.2 Å². The molecule has 0 aliphatic heterocycles. The molecular formula is C23H22BF4NO2. The maximum Gasteiger partial charge on any atom is 0.673 e. The predicted octanol–water partition coefficient (Wildman–Crippen LogP) is 6.20. The molecule has 0 radical (unpaired) electrons. The third-order valence-corrected chi connectivity index (χ3v) is 4.97. The monoisotopic (exact) mass is 431 g/mol. The second kappa shape index (κ2) is 8.84. The van der Waals surface area contributed by atoms with Crippen LogP contribution >= 0.6 is 0 Å². The van der Waals surface area contributed by atoms with E-state index in [4.69, 9.17) is 9.47 Å². The highest BCUT2D eigenvalue weighted by atomic mass is 19.5. The summed E-state index contributed by atoms with van der Waals surface area (Å²) in [7, 11) is -2.62. The molecule has 31 heavy (non-hydrogen) atoms. The van der Waals surface area contributed by atoms with Gasteiger partial charge in [-0.1, -0.05) is 24.3 Å². The molecule has 0 N–H and O–H groups in total. The minimum absolute atomic E-state index is 0.802. The zero-order valence-electron chi connectivity index (χ0n) is 17.6. The first-order chi connectivity index (χ1) is 14.6. The van der Waals surface area contributed by atoms with Crippen molar-refractivity contribution in [1.29, 1.82) is 0 Å². The third-order valence-electron chi connectivity index (χ3n) is 4.97. The third kappa shape index (κ3) is 5.07. The van der Waals surface area contributed by atoms with E-state index in [1.807, 2.05) is 6.07 Å². The number of methoxy groups -OCH3 is 2. The van der Waals surface area contributed by atoms with Gasteiger partial charge >= 0.3 is 7.25 Å². The normalized spacial score (nSPS) is 11.2. The predicted molar refractivity (Wildman–Crippen MR) is 116 cm³/mol. The Hall–Kier alpha value is -3.29. The minimum Gasteiger partial charge on any atom is -0.497 e. The molecule has 4 rings (SSSR count). The molecule has 0 bridgehead atoms. The van der Waals surface area contributed by atoms with Crippen LogP contribution in [0.3, 0.4) is 0 Å². The van der Waals surface area contributed by atoms with E-state index in [2.05, 4.69) is 73.0 Å². The number of hydrogen-bond acceptors (Lipinski definition) is 2. The van der Waals surface area contributed by atoms with Crippen molar-refractivity contribution < 1.29 is 31.3 Å². The summed E-state index contributed by atoms with van der Waals surface area (Å²) in [5, 5.41) is 4.70. The molecule has 0 amide bonds. The first kappa shape index (κ1) is 22.4. The lowest BCUT2D eigenvalue weighted by Crippen LogP contribution is -2.37. The quantitative estimate of drug-likeness (QED) is 0.219. The van der Waals surface area contributed by atoms with Crippen LogP contribution in [0.1, 0.15) is 11.4 Å². The van der Waals surface area contributed by atoms with Gasteiger partial charge in [0.15, 0.2) is 11.4 Å². The Kier molecular flexibility index (Phi) is 6.38. The van der Waals surface area contributed by atoms with E-state index in [1.54, 1.807) is 14.2 Å². The molecule has 162 valence electrons. The number of hydrogen-bond donors (Lipinski definition) is 0. The molecule has 0 saturated heterocycles. The van der Waals surface area contributed by atoms with Crippen LogP contribution in [-0.4, -0.2) is 21.5 Å². The summed E-state index contributed by atoms with van der Waals surface area (Å²) >= 11 is 0. The van der Waals surface area contributed by atoms with Crippen LogP contribution in [-0.2, 0) is 0 Å². The van der Waals surface area contributed by atoms with Crippen LogP contribution in [0.4, 0.5) is 17.3 Å².